The van der Waals surface area contributed by atoms with E-state index in [0.29, 0.717) is 6.07 Å². The molecule has 1 aromatic carbocycles. The van der Waals surface area contributed by atoms with Gasteiger partial charge in [-0.25, -0.2) is 0 Å². The highest BCUT2D eigenvalue weighted by atomic mass is 35.5. The van der Waals surface area contributed by atoms with Crippen molar-refractivity contribution in [3.63, 3.8) is 0 Å². The number of carbonyl (C=O) groups is 1. The van der Waals surface area contributed by atoms with Gasteiger partial charge in [0.25, 0.3) is 0 Å². The third kappa shape index (κ3) is 2.80. The highest BCUT2D eigenvalue weighted by molar-refractivity contribution is 7.97. The number of carbonyl (C=O) groups excluding carboxylic acids is 1. The molecule has 7 heteroatoms. The first-order valence-corrected chi connectivity index (χ1v) is 4.73. The Labute approximate surface area is 98.6 Å². The standard InChI is InChI=1S/C8H3Cl2F3OS/c9-5-2-6(10)4(8(11,12)13)1-3(5)7(14)15/h1-2H,(H,14,15). The van der Waals surface area contributed by atoms with E-state index in [4.69, 9.17) is 23.2 Å². The minimum atomic E-state index is -4.63. The van der Waals surface area contributed by atoms with Crippen molar-refractivity contribution in [3.05, 3.63) is 33.3 Å². The van der Waals surface area contributed by atoms with Gasteiger partial charge in [-0.2, -0.15) is 13.2 Å². The van der Waals surface area contributed by atoms with Crippen molar-refractivity contribution < 1.29 is 18.0 Å². The lowest BCUT2D eigenvalue weighted by atomic mass is 10.1. The molecule has 0 spiro atoms. The maximum absolute atomic E-state index is 12.4. The molecule has 0 aliphatic rings. The number of hydrogen-bond donors (Lipinski definition) is 1. The van der Waals surface area contributed by atoms with E-state index in [1.807, 2.05) is 0 Å². The molecule has 1 nitrogen and oxygen atoms in total. The van der Waals surface area contributed by atoms with Crippen molar-refractivity contribution in [1.29, 1.82) is 0 Å². The van der Waals surface area contributed by atoms with Crippen LogP contribution in [-0.2, 0) is 6.18 Å². The molecule has 0 aliphatic heterocycles. The molecule has 0 saturated heterocycles. The number of hydrogen-bond acceptors (Lipinski definition) is 1. The molecule has 0 atom stereocenters. The van der Waals surface area contributed by atoms with E-state index in [9.17, 15) is 18.0 Å². The fraction of sp³-hybridized carbons (Fsp3) is 0.125. The lowest BCUT2D eigenvalue weighted by molar-refractivity contribution is -0.137. The number of thiol groups is 1. The highest BCUT2D eigenvalue weighted by Crippen LogP contribution is 2.37. The molecule has 0 fully saturated rings. The van der Waals surface area contributed by atoms with Crippen LogP contribution in [0, 0.1) is 0 Å². The van der Waals surface area contributed by atoms with Gasteiger partial charge in [-0.3, -0.25) is 4.79 Å². The predicted octanol–water partition coefficient (Wildman–Crippen LogP) is 4.08. The van der Waals surface area contributed by atoms with Gasteiger partial charge in [0.2, 0.25) is 5.12 Å². The summed E-state index contributed by atoms with van der Waals surface area (Å²) in [6, 6.07) is 1.45. The van der Waals surface area contributed by atoms with Crippen molar-refractivity contribution in [2.75, 3.05) is 0 Å². The minimum absolute atomic E-state index is 0.159. The van der Waals surface area contributed by atoms with E-state index in [0.717, 1.165) is 6.07 Å². The van der Waals surface area contributed by atoms with Gasteiger partial charge in [0.1, 0.15) is 0 Å². The van der Waals surface area contributed by atoms with Crippen LogP contribution in [0.5, 0.6) is 0 Å². The molecule has 0 amide bonds. The van der Waals surface area contributed by atoms with Crippen molar-refractivity contribution in [2.45, 2.75) is 6.18 Å². The quantitative estimate of drug-likeness (QED) is 0.764. The summed E-state index contributed by atoms with van der Waals surface area (Å²) in [6.45, 7) is 0. The van der Waals surface area contributed by atoms with E-state index in [1.165, 1.54) is 0 Å². The van der Waals surface area contributed by atoms with Gasteiger partial charge in [-0.1, -0.05) is 23.2 Å². The number of alkyl halides is 3. The molecule has 0 saturated carbocycles. The van der Waals surface area contributed by atoms with Gasteiger partial charge in [-0.05, 0) is 12.1 Å². The Morgan fingerprint density at radius 3 is 2.13 bits per heavy atom. The summed E-state index contributed by atoms with van der Waals surface area (Å²) in [6.07, 6.45) is -4.63. The van der Waals surface area contributed by atoms with Crippen molar-refractivity contribution >= 4 is 40.9 Å². The fourth-order valence-corrected chi connectivity index (χ4v) is 1.76. The van der Waals surface area contributed by atoms with E-state index in [2.05, 4.69) is 12.6 Å². The topological polar surface area (TPSA) is 17.1 Å². The largest absolute Gasteiger partial charge is 0.417 e. The number of rotatable bonds is 1. The summed E-state index contributed by atoms with van der Waals surface area (Å²) in [5.74, 6) is 0. The average Bonchev–Trinajstić information content (AvgIpc) is 2.00. The van der Waals surface area contributed by atoms with Gasteiger partial charge in [0.05, 0.1) is 15.6 Å². The highest BCUT2D eigenvalue weighted by Gasteiger charge is 2.34. The van der Waals surface area contributed by atoms with E-state index in [1.54, 1.807) is 0 Å². The summed E-state index contributed by atoms with van der Waals surface area (Å²) in [5, 5.41) is -1.55. The van der Waals surface area contributed by atoms with Crippen LogP contribution in [-0.4, -0.2) is 5.12 Å². The van der Waals surface area contributed by atoms with Gasteiger partial charge >= 0.3 is 6.18 Å². The summed E-state index contributed by atoms with van der Waals surface area (Å²) < 4.78 is 37.1. The Bertz CT molecular complexity index is 417. The van der Waals surface area contributed by atoms with Crippen LogP contribution in [0.1, 0.15) is 15.9 Å². The van der Waals surface area contributed by atoms with E-state index in [-0.39, 0.29) is 10.6 Å². The van der Waals surface area contributed by atoms with E-state index < -0.39 is 21.9 Å². The molecular formula is C8H3Cl2F3OS. The number of benzene rings is 1. The van der Waals surface area contributed by atoms with Gasteiger partial charge < -0.3 is 0 Å². The monoisotopic (exact) mass is 274 g/mol. The maximum atomic E-state index is 12.4. The van der Waals surface area contributed by atoms with Gasteiger partial charge in [0, 0.05) is 5.56 Å². The minimum Gasteiger partial charge on any atom is -0.282 e. The Hall–Kier alpha value is -0.390. The van der Waals surface area contributed by atoms with Crippen LogP contribution < -0.4 is 0 Å². The predicted molar refractivity (Wildman–Crippen MR) is 54.8 cm³/mol. The summed E-state index contributed by atoms with van der Waals surface area (Å²) in [7, 11) is 0. The first-order valence-electron chi connectivity index (χ1n) is 3.53. The van der Waals surface area contributed by atoms with Crippen LogP contribution in [0.25, 0.3) is 0 Å². The molecule has 0 aliphatic carbocycles. The first kappa shape index (κ1) is 12.7. The molecule has 15 heavy (non-hydrogen) atoms. The van der Waals surface area contributed by atoms with Crippen LogP contribution in [0.15, 0.2) is 12.1 Å². The molecule has 0 unspecified atom stereocenters. The molecular weight excluding hydrogens is 272 g/mol. The molecule has 0 N–H and O–H groups in total. The molecule has 1 aromatic rings. The van der Waals surface area contributed by atoms with Crippen LogP contribution in [0.3, 0.4) is 0 Å². The van der Waals surface area contributed by atoms with Crippen LogP contribution in [0.2, 0.25) is 10.0 Å². The molecule has 0 radical (unpaired) electrons. The van der Waals surface area contributed by atoms with Crippen molar-refractivity contribution in [2.24, 2.45) is 0 Å². The Morgan fingerprint density at radius 2 is 1.73 bits per heavy atom. The third-order valence-electron chi connectivity index (χ3n) is 1.59. The summed E-state index contributed by atoms with van der Waals surface area (Å²) in [4.78, 5) is 10.8. The molecule has 0 aromatic heterocycles. The second-order valence-electron chi connectivity index (χ2n) is 2.61. The maximum Gasteiger partial charge on any atom is 0.417 e. The fourth-order valence-electron chi connectivity index (χ4n) is 0.930. The van der Waals surface area contributed by atoms with E-state index >= 15 is 0 Å². The second kappa shape index (κ2) is 4.23. The molecule has 0 heterocycles. The lowest BCUT2D eigenvalue weighted by Crippen LogP contribution is -2.07. The SMILES string of the molecule is O=C(S)c1cc(C(F)(F)F)c(Cl)cc1Cl. The smallest absolute Gasteiger partial charge is 0.282 e. The first-order chi connectivity index (χ1) is 6.73. The zero-order valence-electron chi connectivity index (χ0n) is 6.90. The normalized spacial score (nSPS) is 11.6. The van der Waals surface area contributed by atoms with Crippen LogP contribution in [0.4, 0.5) is 13.2 Å². The molecule has 1 rings (SSSR count). The zero-order chi connectivity index (χ0) is 11.8. The lowest BCUT2D eigenvalue weighted by Gasteiger charge is -2.10. The summed E-state index contributed by atoms with van der Waals surface area (Å²) in [5.41, 5.74) is -1.43. The zero-order valence-corrected chi connectivity index (χ0v) is 9.31. The third-order valence-corrected chi connectivity index (χ3v) is 2.46. The number of halogens is 5. The summed E-state index contributed by atoms with van der Waals surface area (Å²) >= 11 is 14.3. The molecule has 0 bridgehead atoms. The average molecular weight is 275 g/mol. The van der Waals surface area contributed by atoms with Crippen LogP contribution >= 0.6 is 35.8 Å². The Balaban J connectivity index is 3.43. The second-order valence-corrected chi connectivity index (χ2v) is 3.84. The van der Waals surface area contributed by atoms with Crippen molar-refractivity contribution in [1.82, 2.24) is 0 Å². The van der Waals surface area contributed by atoms with Crippen molar-refractivity contribution in [3.8, 4) is 0 Å². The Morgan fingerprint density at radius 1 is 1.20 bits per heavy atom. The van der Waals surface area contributed by atoms with Gasteiger partial charge in [0.15, 0.2) is 0 Å². The van der Waals surface area contributed by atoms with Gasteiger partial charge in [-0.15, -0.1) is 12.6 Å². The Kier molecular flexibility index (Phi) is 3.58. The molecule has 82 valence electrons.